The maximum atomic E-state index is 13.3. The van der Waals surface area contributed by atoms with Crippen LogP contribution in [0.4, 0.5) is 0 Å². The van der Waals surface area contributed by atoms with E-state index in [1.165, 1.54) is 17.8 Å². The molecule has 1 unspecified atom stereocenters. The summed E-state index contributed by atoms with van der Waals surface area (Å²) in [7, 11) is 0. The summed E-state index contributed by atoms with van der Waals surface area (Å²) in [4.78, 5) is 27.0. The molecule has 0 radical (unpaired) electrons. The average Bonchev–Trinajstić information content (AvgIpc) is 3.19. The van der Waals surface area contributed by atoms with Gasteiger partial charge in [-0.1, -0.05) is 43.5 Å². The molecule has 0 bridgehead atoms. The molecule has 0 saturated heterocycles. The van der Waals surface area contributed by atoms with E-state index >= 15 is 0 Å². The number of nitrogens with one attached hydrogen (secondary N) is 1. The van der Waals surface area contributed by atoms with Gasteiger partial charge in [-0.3, -0.25) is 14.2 Å². The number of aromatic nitrogens is 1. The van der Waals surface area contributed by atoms with Gasteiger partial charge in [-0.15, -0.1) is 11.3 Å². The van der Waals surface area contributed by atoms with Crippen LogP contribution in [-0.4, -0.2) is 16.5 Å². The van der Waals surface area contributed by atoms with Gasteiger partial charge in [0, 0.05) is 22.4 Å². The van der Waals surface area contributed by atoms with E-state index in [0.29, 0.717) is 0 Å². The van der Waals surface area contributed by atoms with Gasteiger partial charge in [-0.25, -0.2) is 0 Å². The molecule has 27 heavy (non-hydrogen) atoms. The van der Waals surface area contributed by atoms with Crippen LogP contribution < -0.4 is 10.9 Å². The lowest BCUT2D eigenvalue weighted by Gasteiger charge is -2.26. The third-order valence-corrected chi connectivity index (χ3v) is 6.20. The lowest BCUT2D eigenvalue weighted by atomic mass is 9.95. The molecule has 1 aliphatic rings. The van der Waals surface area contributed by atoms with E-state index < -0.39 is 6.04 Å². The van der Waals surface area contributed by atoms with Crippen molar-refractivity contribution in [2.45, 2.75) is 51.1 Å². The number of amides is 1. The van der Waals surface area contributed by atoms with Crippen molar-refractivity contribution in [2.24, 2.45) is 0 Å². The smallest absolute Gasteiger partial charge is 0.304 e. The maximum absolute atomic E-state index is 13.3. The van der Waals surface area contributed by atoms with Crippen LogP contribution in [0.25, 0.3) is 10.9 Å². The third kappa shape index (κ3) is 3.50. The number of hydrogen-bond donors (Lipinski definition) is 1. The van der Waals surface area contributed by atoms with Crippen LogP contribution in [-0.2, 0) is 4.79 Å². The highest BCUT2D eigenvalue weighted by molar-refractivity contribution is 7.10. The van der Waals surface area contributed by atoms with Gasteiger partial charge in [0.15, 0.2) is 6.04 Å². The highest BCUT2D eigenvalue weighted by Crippen LogP contribution is 2.27. The summed E-state index contributed by atoms with van der Waals surface area (Å²) in [6.45, 7) is 1.95. The molecule has 138 valence electrons. The largest absolute Gasteiger partial charge is 0.351 e. The van der Waals surface area contributed by atoms with Gasteiger partial charge in [0.05, 0.1) is 5.52 Å². The number of aryl methyl sites for hydroxylation is 1. The Morgan fingerprint density at radius 3 is 2.74 bits per heavy atom. The SMILES string of the molecule is Cc1cccc2c#cc(=O)n(C(C(=O)NC3CCCCC3)c3cccs3)c12. The number of para-hydroxylation sites is 1. The second kappa shape index (κ2) is 7.58. The average molecular weight is 378 g/mol. The van der Waals surface area contributed by atoms with Gasteiger partial charge in [0.1, 0.15) is 0 Å². The fourth-order valence-corrected chi connectivity index (χ4v) is 4.77. The van der Waals surface area contributed by atoms with Crippen molar-refractivity contribution in [1.29, 1.82) is 0 Å². The normalized spacial score (nSPS) is 16.0. The summed E-state index contributed by atoms with van der Waals surface area (Å²) < 4.78 is 1.59. The highest BCUT2D eigenvalue weighted by atomic mass is 32.1. The molecule has 4 nitrogen and oxygen atoms in total. The lowest BCUT2D eigenvalue weighted by Crippen LogP contribution is -2.43. The number of carbonyl (C=O) groups is 1. The number of carbonyl (C=O) groups excluding carboxylic acids is 1. The molecule has 1 aromatic carbocycles. The molecule has 5 heteroatoms. The Kier molecular flexibility index (Phi) is 5.00. The molecule has 1 saturated carbocycles. The molecule has 2 heterocycles. The first-order valence-corrected chi connectivity index (χ1v) is 10.3. The zero-order chi connectivity index (χ0) is 18.8. The number of nitrogens with zero attached hydrogens (tertiary/aromatic N) is 1. The van der Waals surface area contributed by atoms with Crippen LogP contribution in [0.15, 0.2) is 40.5 Å². The molecule has 1 aliphatic carbocycles. The second-order valence-electron chi connectivity index (χ2n) is 7.16. The molecular weight excluding hydrogens is 356 g/mol. The van der Waals surface area contributed by atoms with E-state index in [9.17, 15) is 9.59 Å². The quantitative estimate of drug-likeness (QED) is 0.746. The van der Waals surface area contributed by atoms with Crippen molar-refractivity contribution in [3.05, 3.63) is 68.6 Å². The summed E-state index contributed by atoms with van der Waals surface area (Å²) in [6.07, 6.45) is 5.53. The number of benzene rings is 1. The molecule has 4 rings (SSSR count). The highest BCUT2D eigenvalue weighted by Gasteiger charge is 2.28. The monoisotopic (exact) mass is 378 g/mol. The topological polar surface area (TPSA) is 51.1 Å². The first kappa shape index (κ1) is 17.8. The first-order chi connectivity index (χ1) is 13.1. The zero-order valence-electron chi connectivity index (χ0n) is 15.3. The van der Waals surface area contributed by atoms with Crippen LogP contribution in [0, 0.1) is 19.1 Å². The number of thiophene rings is 1. The van der Waals surface area contributed by atoms with Crippen LogP contribution in [0.5, 0.6) is 0 Å². The lowest BCUT2D eigenvalue weighted by molar-refractivity contribution is -0.124. The van der Waals surface area contributed by atoms with Gasteiger partial charge in [-0.2, -0.15) is 0 Å². The number of fused-ring (bicyclic) bond motifs is 1. The Morgan fingerprint density at radius 1 is 1.19 bits per heavy atom. The van der Waals surface area contributed by atoms with Gasteiger partial charge >= 0.3 is 5.56 Å². The Morgan fingerprint density at radius 2 is 2.00 bits per heavy atom. The van der Waals surface area contributed by atoms with Crippen molar-refractivity contribution >= 4 is 28.1 Å². The summed E-state index contributed by atoms with van der Waals surface area (Å²) in [5, 5.41) is 5.93. The predicted octanol–water partition coefficient (Wildman–Crippen LogP) is 4.01. The van der Waals surface area contributed by atoms with Crippen LogP contribution in [0.2, 0.25) is 0 Å². The first-order valence-electron chi connectivity index (χ1n) is 9.44. The molecule has 3 aromatic rings. The third-order valence-electron chi connectivity index (χ3n) is 5.27. The molecule has 1 amide bonds. The predicted molar refractivity (Wildman–Crippen MR) is 108 cm³/mol. The van der Waals surface area contributed by atoms with Gasteiger partial charge < -0.3 is 5.32 Å². The molecule has 2 aromatic heterocycles. The Labute approximate surface area is 162 Å². The van der Waals surface area contributed by atoms with Crippen molar-refractivity contribution < 1.29 is 4.79 Å². The van der Waals surface area contributed by atoms with E-state index in [1.54, 1.807) is 4.57 Å². The molecule has 0 aliphatic heterocycles. The van der Waals surface area contributed by atoms with E-state index in [0.717, 1.165) is 47.0 Å². The van der Waals surface area contributed by atoms with Crippen molar-refractivity contribution in [3.63, 3.8) is 0 Å². The Hall–Kier alpha value is -2.58. The second-order valence-corrected chi connectivity index (χ2v) is 8.14. The van der Waals surface area contributed by atoms with E-state index in [4.69, 9.17) is 0 Å². The summed E-state index contributed by atoms with van der Waals surface area (Å²) in [5.41, 5.74) is 1.37. The van der Waals surface area contributed by atoms with E-state index in [2.05, 4.69) is 17.4 Å². The Balaban J connectivity index is 1.83. The van der Waals surface area contributed by atoms with Crippen LogP contribution in [0.1, 0.15) is 48.6 Å². The minimum Gasteiger partial charge on any atom is -0.351 e. The fraction of sp³-hybridized carbons (Fsp3) is 0.364. The van der Waals surface area contributed by atoms with Gasteiger partial charge in [0.2, 0.25) is 5.91 Å². The van der Waals surface area contributed by atoms with Crippen LogP contribution >= 0.6 is 11.3 Å². The van der Waals surface area contributed by atoms with Gasteiger partial charge in [-0.05, 0) is 42.8 Å². The maximum Gasteiger partial charge on any atom is 0.304 e. The van der Waals surface area contributed by atoms with Crippen LogP contribution in [0.3, 0.4) is 0 Å². The fourth-order valence-electron chi connectivity index (χ4n) is 3.96. The van der Waals surface area contributed by atoms with Crippen molar-refractivity contribution in [2.75, 3.05) is 0 Å². The standard InChI is InChI=1S/C22H22N2O2S/c1-15-7-5-8-16-12-13-19(25)24(20(15)16)21(18-11-6-14-27-18)22(26)23-17-9-3-2-4-10-17/h5-8,11,14,17,21H,2-4,9-10H2,1H3,(H,23,26). The van der Waals surface area contributed by atoms with E-state index in [1.807, 2.05) is 42.6 Å². The number of rotatable bonds is 4. The van der Waals surface area contributed by atoms with E-state index in [-0.39, 0.29) is 17.5 Å². The van der Waals surface area contributed by atoms with Crippen molar-refractivity contribution in [1.82, 2.24) is 9.88 Å². The molecule has 1 N–H and O–H groups in total. The number of hydrogen-bond acceptors (Lipinski definition) is 3. The zero-order valence-corrected chi connectivity index (χ0v) is 16.1. The van der Waals surface area contributed by atoms with Gasteiger partial charge in [0.25, 0.3) is 0 Å². The molecular formula is C22H22N2O2S. The summed E-state index contributed by atoms with van der Waals surface area (Å²) in [6, 6.07) is 14.7. The molecule has 1 fully saturated rings. The molecule has 0 spiro atoms. The van der Waals surface area contributed by atoms with Crippen molar-refractivity contribution in [3.8, 4) is 0 Å². The molecule has 1 atom stereocenters. The minimum atomic E-state index is -0.686. The minimum absolute atomic E-state index is 0.115. The summed E-state index contributed by atoms with van der Waals surface area (Å²) >= 11 is 1.49. The Bertz CT molecular complexity index is 1000. The summed E-state index contributed by atoms with van der Waals surface area (Å²) in [5.74, 6) is -0.115.